The predicted molar refractivity (Wildman–Crippen MR) is 82.4 cm³/mol. The van der Waals surface area contributed by atoms with Crippen molar-refractivity contribution in [2.45, 2.75) is 45.1 Å². The largest absolute Gasteiger partial charge is 0.497 e. The Balaban J connectivity index is 2.32. The minimum atomic E-state index is -0.616. The van der Waals surface area contributed by atoms with Crippen LogP contribution in [-0.4, -0.2) is 30.3 Å². The predicted octanol–water partition coefficient (Wildman–Crippen LogP) is 2.25. The summed E-state index contributed by atoms with van der Waals surface area (Å²) in [5.41, 5.74) is -0.224. The maximum Gasteiger partial charge on any atom is 0.231 e. The molecule has 1 aliphatic carbocycles. The molecule has 2 rings (SSSR count). The lowest BCUT2D eigenvalue weighted by Gasteiger charge is -2.29. The Hall–Kier alpha value is -1.55. The van der Waals surface area contributed by atoms with E-state index in [2.05, 4.69) is 19.2 Å². The fourth-order valence-electron chi connectivity index (χ4n) is 2.96. The van der Waals surface area contributed by atoms with Crippen LogP contribution in [0.3, 0.4) is 0 Å². The molecule has 0 heterocycles. The average molecular weight is 291 g/mol. The zero-order valence-corrected chi connectivity index (χ0v) is 13.5. The molecule has 1 atom stereocenters. The van der Waals surface area contributed by atoms with Gasteiger partial charge in [0.1, 0.15) is 5.75 Å². The SMILES string of the molecule is COc1ccc(C2(C(=O)NC(C)(C)CO)CC2(C)C)cc1. The van der Waals surface area contributed by atoms with Crippen molar-refractivity contribution >= 4 is 5.91 Å². The van der Waals surface area contributed by atoms with Gasteiger partial charge in [0.25, 0.3) is 0 Å². The molecular formula is C17H25NO3. The molecule has 21 heavy (non-hydrogen) atoms. The van der Waals surface area contributed by atoms with Crippen molar-refractivity contribution < 1.29 is 14.6 Å². The van der Waals surface area contributed by atoms with E-state index >= 15 is 0 Å². The van der Waals surface area contributed by atoms with Crippen molar-refractivity contribution in [3.05, 3.63) is 29.8 Å². The molecule has 0 bridgehead atoms. The summed E-state index contributed by atoms with van der Waals surface area (Å²) in [7, 11) is 1.63. The molecule has 0 aliphatic heterocycles. The van der Waals surface area contributed by atoms with E-state index in [1.807, 2.05) is 38.1 Å². The Morgan fingerprint density at radius 1 is 1.33 bits per heavy atom. The fourth-order valence-corrected chi connectivity index (χ4v) is 2.96. The Morgan fingerprint density at radius 2 is 1.86 bits per heavy atom. The molecule has 0 spiro atoms. The van der Waals surface area contributed by atoms with Crippen LogP contribution < -0.4 is 10.1 Å². The maximum absolute atomic E-state index is 12.8. The van der Waals surface area contributed by atoms with Gasteiger partial charge in [0, 0.05) is 0 Å². The highest BCUT2D eigenvalue weighted by atomic mass is 16.5. The minimum absolute atomic E-state index is 0.0169. The second-order valence-corrected chi connectivity index (χ2v) is 7.19. The van der Waals surface area contributed by atoms with Crippen LogP contribution in [0.4, 0.5) is 0 Å². The summed E-state index contributed by atoms with van der Waals surface area (Å²) in [6.45, 7) is 7.76. The van der Waals surface area contributed by atoms with E-state index in [1.165, 1.54) is 0 Å². The van der Waals surface area contributed by atoms with Gasteiger partial charge in [-0.05, 0) is 43.4 Å². The molecule has 1 aromatic rings. The van der Waals surface area contributed by atoms with Crippen molar-refractivity contribution in [2.24, 2.45) is 5.41 Å². The average Bonchev–Trinajstić information content (AvgIpc) is 3.03. The normalized spacial score (nSPS) is 23.5. The summed E-state index contributed by atoms with van der Waals surface area (Å²) >= 11 is 0. The molecule has 2 N–H and O–H groups in total. The van der Waals surface area contributed by atoms with Crippen molar-refractivity contribution in [1.29, 1.82) is 0 Å². The lowest BCUT2D eigenvalue weighted by molar-refractivity contribution is -0.126. The van der Waals surface area contributed by atoms with E-state index in [4.69, 9.17) is 4.74 Å². The molecule has 1 amide bonds. The monoisotopic (exact) mass is 291 g/mol. The third kappa shape index (κ3) is 2.64. The number of benzene rings is 1. The Labute approximate surface area is 126 Å². The number of ether oxygens (including phenoxy) is 1. The third-order valence-corrected chi connectivity index (χ3v) is 4.56. The van der Waals surface area contributed by atoms with Crippen LogP contribution in [0.2, 0.25) is 0 Å². The highest BCUT2D eigenvalue weighted by Crippen LogP contribution is 2.64. The number of hydrogen-bond acceptors (Lipinski definition) is 3. The van der Waals surface area contributed by atoms with Gasteiger partial charge in [-0.1, -0.05) is 26.0 Å². The molecule has 1 fully saturated rings. The molecule has 1 saturated carbocycles. The summed E-state index contributed by atoms with van der Waals surface area (Å²) < 4.78 is 5.18. The lowest BCUT2D eigenvalue weighted by atomic mass is 9.86. The van der Waals surface area contributed by atoms with Gasteiger partial charge in [-0.15, -0.1) is 0 Å². The molecule has 4 heteroatoms. The molecule has 0 saturated heterocycles. The number of nitrogens with one attached hydrogen (secondary N) is 1. The van der Waals surface area contributed by atoms with Gasteiger partial charge in [-0.3, -0.25) is 4.79 Å². The highest BCUT2D eigenvalue weighted by molar-refractivity contribution is 5.93. The number of aliphatic hydroxyl groups excluding tert-OH is 1. The second kappa shape index (κ2) is 5.02. The van der Waals surface area contributed by atoms with Gasteiger partial charge in [0.05, 0.1) is 24.7 Å². The molecule has 0 radical (unpaired) electrons. The minimum Gasteiger partial charge on any atom is -0.497 e. The first-order valence-corrected chi connectivity index (χ1v) is 7.26. The summed E-state index contributed by atoms with van der Waals surface area (Å²) in [4.78, 5) is 12.8. The Kier molecular flexibility index (Phi) is 3.79. The second-order valence-electron chi connectivity index (χ2n) is 7.19. The van der Waals surface area contributed by atoms with Gasteiger partial charge < -0.3 is 15.2 Å². The summed E-state index contributed by atoms with van der Waals surface area (Å²) in [5.74, 6) is 0.764. The highest BCUT2D eigenvalue weighted by Gasteiger charge is 2.67. The number of methoxy groups -OCH3 is 1. The van der Waals surface area contributed by atoms with Gasteiger partial charge in [0.2, 0.25) is 5.91 Å². The first-order valence-electron chi connectivity index (χ1n) is 7.26. The van der Waals surface area contributed by atoms with Crippen LogP contribution in [0, 0.1) is 5.41 Å². The number of hydrogen-bond donors (Lipinski definition) is 2. The Bertz CT molecular complexity index is 533. The number of carbonyl (C=O) groups is 1. The number of rotatable bonds is 5. The van der Waals surface area contributed by atoms with Gasteiger partial charge in [-0.25, -0.2) is 0 Å². The zero-order valence-electron chi connectivity index (χ0n) is 13.5. The van der Waals surface area contributed by atoms with E-state index in [1.54, 1.807) is 7.11 Å². The topological polar surface area (TPSA) is 58.6 Å². The first-order chi connectivity index (χ1) is 9.68. The van der Waals surface area contributed by atoms with Gasteiger partial charge in [0.15, 0.2) is 0 Å². The quantitative estimate of drug-likeness (QED) is 0.875. The molecule has 116 valence electrons. The first kappa shape index (κ1) is 15.8. The lowest BCUT2D eigenvalue weighted by Crippen LogP contribution is -2.51. The summed E-state index contributed by atoms with van der Waals surface area (Å²) in [6, 6.07) is 7.68. The summed E-state index contributed by atoms with van der Waals surface area (Å²) in [6.07, 6.45) is 0.805. The van der Waals surface area contributed by atoms with E-state index < -0.39 is 11.0 Å². The number of amides is 1. The third-order valence-electron chi connectivity index (χ3n) is 4.56. The van der Waals surface area contributed by atoms with Crippen molar-refractivity contribution in [1.82, 2.24) is 5.32 Å². The Morgan fingerprint density at radius 3 is 2.24 bits per heavy atom. The molecule has 1 unspecified atom stereocenters. The van der Waals surface area contributed by atoms with E-state index in [-0.39, 0.29) is 17.9 Å². The van der Waals surface area contributed by atoms with E-state index in [0.29, 0.717) is 0 Å². The van der Waals surface area contributed by atoms with Crippen LogP contribution in [0.15, 0.2) is 24.3 Å². The fraction of sp³-hybridized carbons (Fsp3) is 0.588. The van der Waals surface area contributed by atoms with Crippen LogP contribution in [0.5, 0.6) is 5.75 Å². The molecule has 1 aliphatic rings. The van der Waals surface area contributed by atoms with Crippen LogP contribution >= 0.6 is 0 Å². The number of carbonyl (C=O) groups excluding carboxylic acids is 1. The smallest absolute Gasteiger partial charge is 0.231 e. The standard InChI is InChI=1S/C17H25NO3/c1-15(2)10-17(15,14(20)18-16(3,4)11-19)12-6-8-13(21-5)9-7-12/h6-9,19H,10-11H2,1-5H3,(H,18,20). The van der Waals surface area contributed by atoms with Crippen molar-refractivity contribution in [2.75, 3.05) is 13.7 Å². The molecular weight excluding hydrogens is 266 g/mol. The van der Waals surface area contributed by atoms with Crippen LogP contribution in [0.1, 0.15) is 39.7 Å². The van der Waals surface area contributed by atoms with Crippen LogP contribution in [0.25, 0.3) is 0 Å². The maximum atomic E-state index is 12.8. The molecule has 1 aromatic carbocycles. The van der Waals surface area contributed by atoms with Gasteiger partial charge in [-0.2, -0.15) is 0 Å². The molecule has 0 aromatic heterocycles. The van der Waals surface area contributed by atoms with Crippen molar-refractivity contribution in [3.63, 3.8) is 0 Å². The van der Waals surface area contributed by atoms with Crippen LogP contribution in [-0.2, 0) is 10.2 Å². The van der Waals surface area contributed by atoms with Crippen molar-refractivity contribution in [3.8, 4) is 5.75 Å². The summed E-state index contributed by atoms with van der Waals surface area (Å²) in [5, 5.41) is 12.3. The van der Waals surface area contributed by atoms with Gasteiger partial charge >= 0.3 is 0 Å². The zero-order chi connectivity index (χ0) is 15.9. The number of aliphatic hydroxyl groups is 1. The molecule has 4 nitrogen and oxygen atoms in total. The van der Waals surface area contributed by atoms with E-state index in [0.717, 1.165) is 17.7 Å². The van der Waals surface area contributed by atoms with E-state index in [9.17, 15) is 9.90 Å².